The molecular weight excluding hydrogens is 352 g/mol. The lowest BCUT2D eigenvalue weighted by Crippen LogP contribution is -2.52. The van der Waals surface area contributed by atoms with E-state index in [9.17, 15) is 19.2 Å². The van der Waals surface area contributed by atoms with Crippen molar-refractivity contribution in [1.82, 2.24) is 19.8 Å². The second-order valence-electron chi connectivity index (χ2n) is 7.94. The van der Waals surface area contributed by atoms with E-state index in [2.05, 4.69) is 10.3 Å². The molecule has 2 amide bonds. The molecular formula is C18H24N4O5. The molecule has 3 aliphatic rings. The number of aryl methyl sites for hydroxylation is 1. The van der Waals surface area contributed by atoms with Crippen molar-refractivity contribution >= 4 is 11.8 Å². The lowest BCUT2D eigenvalue weighted by molar-refractivity contribution is -0.135. The van der Waals surface area contributed by atoms with Crippen molar-refractivity contribution in [1.29, 1.82) is 0 Å². The maximum atomic E-state index is 12.9. The van der Waals surface area contributed by atoms with Gasteiger partial charge in [0.25, 0.3) is 5.56 Å². The number of carbonyl (C=O) groups excluding carboxylic acids is 2. The van der Waals surface area contributed by atoms with Crippen molar-refractivity contribution in [3.63, 3.8) is 0 Å². The third-order valence-electron chi connectivity index (χ3n) is 6.11. The van der Waals surface area contributed by atoms with Crippen LogP contribution in [-0.2, 0) is 20.9 Å². The standard InChI is InChI=1S/C18H24N4O5/c1-11-5-21(17(26)20-15(11)24)7-14(23)22-6-12-8-27-10-18(12,9-22)16(25)19-13-3-2-4-13/h5,12-13H,2-4,6-10H2,1H3,(H,19,25)(H,20,24,26)/t12-,18-/m0/s1. The monoisotopic (exact) mass is 376 g/mol. The first-order valence-corrected chi connectivity index (χ1v) is 9.36. The van der Waals surface area contributed by atoms with E-state index in [4.69, 9.17) is 4.74 Å². The number of aromatic amines is 1. The Bertz CT molecular complexity index is 886. The second-order valence-corrected chi connectivity index (χ2v) is 7.94. The van der Waals surface area contributed by atoms with Crippen LogP contribution in [-0.4, -0.2) is 58.6 Å². The van der Waals surface area contributed by atoms with Crippen LogP contribution >= 0.6 is 0 Å². The number of fused-ring (bicyclic) bond motifs is 1. The summed E-state index contributed by atoms with van der Waals surface area (Å²) in [7, 11) is 0. The van der Waals surface area contributed by atoms with E-state index in [1.54, 1.807) is 11.8 Å². The molecule has 2 saturated heterocycles. The molecule has 3 fully saturated rings. The van der Waals surface area contributed by atoms with Gasteiger partial charge in [0.1, 0.15) is 6.54 Å². The number of ether oxygens (including phenoxy) is 1. The van der Waals surface area contributed by atoms with Gasteiger partial charge < -0.3 is 15.0 Å². The third-order valence-corrected chi connectivity index (χ3v) is 6.11. The zero-order chi connectivity index (χ0) is 19.2. The lowest BCUT2D eigenvalue weighted by atomic mass is 9.79. The molecule has 2 atom stereocenters. The van der Waals surface area contributed by atoms with Crippen LogP contribution in [0.2, 0.25) is 0 Å². The van der Waals surface area contributed by atoms with Crippen LogP contribution in [0, 0.1) is 18.3 Å². The fourth-order valence-corrected chi connectivity index (χ4v) is 4.11. The number of H-pyrrole nitrogens is 1. The molecule has 1 aliphatic carbocycles. The van der Waals surface area contributed by atoms with Gasteiger partial charge in [0.15, 0.2) is 0 Å². The minimum Gasteiger partial charge on any atom is -0.380 e. The normalized spacial score (nSPS) is 27.3. The molecule has 27 heavy (non-hydrogen) atoms. The van der Waals surface area contributed by atoms with E-state index in [1.165, 1.54) is 10.8 Å². The van der Waals surface area contributed by atoms with Gasteiger partial charge in [-0.15, -0.1) is 0 Å². The Morgan fingerprint density at radius 1 is 1.37 bits per heavy atom. The first-order valence-electron chi connectivity index (χ1n) is 9.36. The number of nitrogens with one attached hydrogen (secondary N) is 2. The first-order chi connectivity index (χ1) is 12.9. The summed E-state index contributed by atoms with van der Waals surface area (Å²) in [4.78, 5) is 52.9. The minimum absolute atomic E-state index is 0.0259. The summed E-state index contributed by atoms with van der Waals surface area (Å²) in [6.07, 6.45) is 4.53. The van der Waals surface area contributed by atoms with E-state index >= 15 is 0 Å². The number of amides is 2. The summed E-state index contributed by atoms with van der Waals surface area (Å²) >= 11 is 0. The van der Waals surface area contributed by atoms with Gasteiger partial charge in [0, 0.05) is 36.8 Å². The third kappa shape index (κ3) is 3.09. The van der Waals surface area contributed by atoms with Gasteiger partial charge in [0.05, 0.1) is 18.6 Å². The molecule has 146 valence electrons. The summed E-state index contributed by atoms with van der Waals surface area (Å²) in [6, 6.07) is 0.237. The van der Waals surface area contributed by atoms with Crippen molar-refractivity contribution in [2.24, 2.45) is 11.3 Å². The Balaban J connectivity index is 1.48. The van der Waals surface area contributed by atoms with Gasteiger partial charge in [-0.3, -0.25) is 23.9 Å². The summed E-state index contributed by atoms with van der Waals surface area (Å²) in [6.45, 7) is 2.93. The lowest BCUT2D eigenvalue weighted by Gasteiger charge is -2.32. The average molecular weight is 376 g/mol. The molecule has 2 aliphatic heterocycles. The van der Waals surface area contributed by atoms with Crippen LogP contribution in [0.4, 0.5) is 0 Å². The molecule has 4 rings (SSSR count). The van der Waals surface area contributed by atoms with Crippen molar-refractivity contribution in [3.8, 4) is 0 Å². The van der Waals surface area contributed by atoms with Crippen molar-refractivity contribution in [2.45, 2.75) is 38.8 Å². The number of aromatic nitrogens is 2. The van der Waals surface area contributed by atoms with Crippen molar-refractivity contribution < 1.29 is 14.3 Å². The molecule has 3 heterocycles. The largest absolute Gasteiger partial charge is 0.380 e. The maximum absolute atomic E-state index is 12.9. The molecule has 9 nitrogen and oxygen atoms in total. The van der Waals surface area contributed by atoms with Gasteiger partial charge in [-0.05, 0) is 26.2 Å². The molecule has 1 aromatic rings. The van der Waals surface area contributed by atoms with Gasteiger partial charge in [-0.2, -0.15) is 0 Å². The van der Waals surface area contributed by atoms with Crippen LogP contribution in [0.1, 0.15) is 24.8 Å². The molecule has 9 heteroatoms. The van der Waals surface area contributed by atoms with Crippen LogP contribution in [0.15, 0.2) is 15.8 Å². The SMILES string of the molecule is Cc1cn(CC(=O)N2C[C@H]3COC[C@@]3(C(=O)NC3CCC3)C2)c(=O)[nH]c1=O. The Morgan fingerprint density at radius 2 is 2.15 bits per heavy atom. The molecule has 0 spiro atoms. The summed E-state index contributed by atoms with van der Waals surface area (Å²) in [5.74, 6) is -0.300. The molecule has 0 unspecified atom stereocenters. The first kappa shape index (κ1) is 18.0. The van der Waals surface area contributed by atoms with Crippen molar-refractivity contribution in [3.05, 3.63) is 32.6 Å². The Morgan fingerprint density at radius 3 is 2.85 bits per heavy atom. The van der Waals surface area contributed by atoms with Crippen molar-refractivity contribution in [2.75, 3.05) is 26.3 Å². The van der Waals surface area contributed by atoms with Gasteiger partial charge >= 0.3 is 5.69 Å². The predicted molar refractivity (Wildman–Crippen MR) is 95.2 cm³/mol. The molecule has 0 bridgehead atoms. The van der Waals surface area contributed by atoms with E-state index in [0.29, 0.717) is 31.9 Å². The predicted octanol–water partition coefficient (Wildman–Crippen LogP) is -1.01. The number of likely N-dealkylation sites (tertiary alicyclic amines) is 1. The highest BCUT2D eigenvalue weighted by atomic mass is 16.5. The molecule has 0 radical (unpaired) electrons. The fraction of sp³-hybridized carbons (Fsp3) is 0.667. The van der Waals surface area contributed by atoms with Crippen LogP contribution in [0.3, 0.4) is 0 Å². The van der Waals surface area contributed by atoms with Gasteiger partial charge in [-0.1, -0.05) is 0 Å². The molecule has 1 saturated carbocycles. The number of rotatable bonds is 4. The Labute approximate surface area is 155 Å². The highest BCUT2D eigenvalue weighted by Crippen LogP contribution is 2.42. The molecule has 2 N–H and O–H groups in total. The quantitative estimate of drug-likeness (QED) is 0.699. The van der Waals surface area contributed by atoms with E-state index < -0.39 is 16.7 Å². The number of hydrogen-bond acceptors (Lipinski definition) is 5. The Kier molecular flexibility index (Phi) is 4.41. The molecule has 0 aromatic carbocycles. The van der Waals surface area contributed by atoms with Gasteiger partial charge in [-0.25, -0.2) is 4.79 Å². The zero-order valence-electron chi connectivity index (χ0n) is 15.3. The second kappa shape index (κ2) is 6.63. The minimum atomic E-state index is -0.697. The summed E-state index contributed by atoms with van der Waals surface area (Å²) in [5.41, 5.74) is -1.40. The highest BCUT2D eigenvalue weighted by molar-refractivity contribution is 5.86. The van der Waals surface area contributed by atoms with E-state index in [1.807, 2.05) is 0 Å². The number of nitrogens with zero attached hydrogens (tertiary/aromatic N) is 2. The highest BCUT2D eigenvalue weighted by Gasteiger charge is 2.57. The average Bonchev–Trinajstić information content (AvgIpc) is 3.14. The maximum Gasteiger partial charge on any atom is 0.328 e. The fourth-order valence-electron chi connectivity index (χ4n) is 4.11. The van der Waals surface area contributed by atoms with E-state index in [0.717, 1.165) is 19.3 Å². The topological polar surface area (TPSA) is 114 Å². The van der Waals surface area contributed by atoms with Crippen LogP contribution < -0.4 is 16.6 Å². The number of hydrogen-bond donors (Lipinski definition) is 2. The Hall–Kier alpha value is -2.42. The summed E-state index contributed by atoms with van der Waals surface area (Å²) < 4.78 is 6.77. The van der Waals surface area contributed by atoms with Crippen LogP contribution in [0.5, 0.6) is 0 Å². The van der Waals surface area contributed by atoms with Gasteiger partial charge in [0.2, 0.25) is 11.8 Å². The zero-order valence-corrected chi connectivity index (χ0v) is 15.3. The van der Waals surface area contributed by atoms with E-state index in [-0.39, 0.29) is 30.3 Å². The summed E-state index contributed by atoms with van der Waals surface area (Å²) in [5, 5.41) is 3.10. The number of carbonyl (C=O) groups is 2. The van der Waals surface area contributed by atoms with Crippen LogP contribution in [0.25, 0.3) is 0 Å². The molecule has 1 aromatic heterocycles. The smallest absolute Gasteiger partial charge is 0.328 e.